The Morgan fingerprint density at radius 2 is 2.12 bits per heavy atom. The second-order valence-corrected chi connectivity index (χ2v) is 4.77. The molecule has 3 nitrogen and oxygen atoms in total. The molecule has 1 aliphatic heterocycles. The molecule has 1 aliphatic rings. The Morgan fingerprint density at radius 3 is 2.76 bits per heavy atom. The number of hydrogen-bond acceptors (Lipinski definition) is 3. The van der Waals surface area contributed by atoms with Crippen LogP contribution < -0.4 is 0 Å². The van der Waals surface area contributed by atoms with Crippen LogP contribution in [0.25, 0.3) is 0 Å². The van der Waals surface area contributed by atoms with Crippen molar-refractivity contribution >= 4 is 5.97 Å². The summed E-state index contributed by atoms with van der Waals surface area (Å²) in [6.07, 6.45) is 1.50. The van der Waals surface area contributed by atoms with Crippen molar-refractivity contribution < 1.29 is 14.3 Å². The summed E-state index contributed by atoms with van der Waals surface area (Å²) in [6, 6.07) is 10.1. The van der Waals surface area contributed by atoms with Gasteiger partial charge in [-0.2, -0.15) is 0 Å². The van der Waals surface area contributed by atoms with Gasteiger partial charge in [-0.05, 0) is 12.5 Å². The van der Waals surface area contributed by atoms with E-state index in [1.54, 1.807) is 0 Å². The second kappa shape index (κ2) is 4.88. The average molecular weight is 234 g/mol. The molecule has 1 aromatic rings. The van der Waals surface area contributed by atoms with Crippen LogP contribution in [-0.2, 0) is 14.3 Å². The zero-order chi connectivity index (χ0) is 12.3. The molecular weight excluding hydrogens is 216 g/mol. The molecule has 0 amide bonds. The lowest BCUT2D eigenvalue weighted by Gasteiger charge is -2.37. The molecule has 1 heterocycles. The van der Waals surface area contributed by atoms with Gasteiger partial charge in [0, 0.05) is 19.8 Å². The van der Waals surface area contributed by atoms with Crippen LogP contribution in [0, 0.1) is 0 Å². The molecule has 2 atom stereocenters. The SMILES string of the molecule is CC(=O)O[C@@]1(C)CCO[C@@H](c2ccccc2)C1. The van der Waals surface area contributed by atoms with Gasteiger partial charge in [0.25, 0.3) is 0 Å². The van der Waals surface area contributed by atoms with Crippen LogP contribution in [0.3, 0.4) is 0 Å². The molecule has 0 saturated carbocycles. The molecule has 0 N–H and O–H groups in total. The third-order valence-corrected chi connectivity index (χ3v) is 3.13. The zero-order valence-electron chi connectivity index (χ0n) is 10.3. The van der Waals surface area contributed by atoms with Gasteiger partial charge in [-0.3, -0.25) is 4.79 Å². The van der Waals surface area contributed by atoms with Crippen LogP contribution in [-0.4, -0.2) is 18.2 Å². The minimum atomic E-state index is -0.398. The first kappa shape index (κ1) is 12.1. The summed E-state index contributed by atoms with van der Waals surface area (Å²) in [5.74, 6) is -0.221. The first-order valence-electron chi connectivity index (χ1n) is 5.95. The Hall–Kier alpha value is -1.35. The molecular formula is C14H18O3. The third-order valence-electron chi connectivity index (χ3n) is 3.13. The molecule has 0 bridgehead atoms. The van der Waals surface area contributed by atoms with Crippen LogP contribution >= 0.6 is 0 Å². The molecule has 0 spiro atoms. The maximum Gasteiger partial charge on any atom is 0.303 e. The highest BCUT2D eigenvalue weighted by Crippen LogP contribution is 2.36. The minimum Gasteiger partial charge on any atom is -0.459 e. The highest BCUT2D eigenvalue weighted by molar-refractivity contribution is 5.66. The Bertz CT molecular complexity index is 388. The lowest BCUT2D eigenvalue weighted by atomic mass is 9.89. The van der Waals surface area contributed by atoms with Gasteiger partial charge >= 0.3 is 5.97 Å². The van der Waals surface area contributed by atoms with Crippen molar-refractivity contribution in [3.63, 3.8) is 0 Å². The Labute approximate surface area is 102 Å². The van der Waals surface area contributed by atoms with E-state index in [-0.39, 0.29) is 12.1 Å². The van der Waals surface area contributed by atoms with Crippen molar-refractivity contribution in [1.82, 2.24) is 0 Å². The number of ether oxygens (including phenoxy) is 2. The molecule has 17 heavy (non-hydrogen) atoms. The molecule has 92 valence electrons. The fourth-order valence-electron chi connectivity index (χ4n) is 2.29. The van der Waals surface area contributed by atoms with Crippen molar-refractivity contribution in [2.75, 3.05) is 6.61 Å². The van der Waals surface area contributed by atoms with E-state index < -0.39 is 5.60 Å². The van der Waals surface area contributed by atoms with Crippen LogP contribution in [0.4, 0.5) is 0 Å². The molecule has 2 rings (SSSR count). The summed E-state index contributed by atoms with van der Waals surface area (Å²) in [4.78, 5) is 11.1. The first-order chi connectivity index (χ1) is 8.09. The van der Waals surface area contributed by atoms with E-state index in [2.05, 4.69) is 0 Å². The number of carbonyl (C=O) groups excluding carboxylic acids is 1. The van der Waals surface area contributed by atoms with Gasteiger partial charge in [-0.15, -0.1) is 0 Å². The fourth-order valence-corrected chi connectivity index (χ4v) is 2.29. The van der Waals surface area contributed by atoms with Crippen molar-refractivity contribution in [3.8, 4) is 0 Å². The summed E-state index contributed by atoms with van der Waals surface area (Å²) in [6.45, 7) is 4.06. The van der Waals surface area contributed by atoms with Crippen LogP contribution in [0.15, 0.2) is 30.3 Å². The molecule has 3 heteroatoms. The number of hydrogen-bond donors (Lipinski definition) is 0. The number of rotatable bonds is 2. The number of esters is 1. The summed E-state index contributed by atoms with van der Waals surface area (Å²) in [5.41, 5.74) is 0.746. The zero-order valence-corrected chi connectivity index (χ0v) is 10.3. The minimum absolute atomic E-state index is 0.0225. The molecule has 0 unspecified atom stereocenters. The monoisotopic (exact) mass is 234 g/mol. The molecule has 1 saturated heterocycles. The number of benzene rings is 1. The summed E-state index contributed by atoms with van der Waals surface area (Å²) < 4.78 is 11.2. The predicted molar refractivity (Wildman–Crippen MR) is 64.5 cm³/mol. The Kier molecular flexibility index (Phi) is 3.48. The lowest BCUT2D eigenvalue weighted by Crippen LogP contribution is -2.38. The predicted octanol–water partition coefficient (Wildman–Crippen LogP) is 2.86. The third kappa shape index (κ3) is 3.07. The molecule has 0 aromatic heterocycles. The van der Waals surface area contributed by atoms with Gasteiger partial charge in [0.05, 0.1) is 12.7 Å². The fraction of sp³-hybridized carbons (Fsp3) is 0.500. The van der Waals surface area contributed by atoms with E-state index in [1.165, 1.54) is 6.92 Å². The smallest absolute Gasteiger partial charge is 0.303 e. The van der Waals surface area contributed by atoms with E-state index in [4.69, 9.17) is 9.47 Å². The van der Waals surface area contributed by atoms with Crippen molar-refractivity contribution in [2.24, 2.45) is 0 Å². The molecule has 0 radical (unpaired) electrons. The molecule has 0 aliphatic carbocycles. The van der Waals surface area contributed by atoms with Gasteiger partial charge in [0.1, 0.15) is 5.60 Å². The van der Waals surface area contributed by atoms with Crippen molar-refractivity contribution in [2.45, 2.75) is 38.4 Å². The Morgan fingerprint density at radius 1 is 1.41 bits per heavy atom. The molecule has 1 aromatic carbocycles. The molecule has 1 fully saturated rings. The summed E-state index contributed by atoms with van der Waals surface area (Å²) in [5, 5.41) is 0. The quantitative estimate of drug-likeness (QED) is 0.738. The Balaban J connectivity index is 2.09. The van der Waals surface area contributed by atoms with Gasteiger partial charge in [-0.1, -0.05) is 30.3 Å². The standard InChI is InChI=1S/C14H18O3/c1-11(15)17-14(2)8-9-16-13(10-14)12-6-4-3-5-7-12/h3-7,13H,8-10H2,1-2H3/t13-,14+/m1/s1. The van der Waals surface area contributed by atoms with E-state index in [0.717, 1.165) is 18.4 Å². The van der Waals surface area contributed by atoms with Gasteiger partial charge < -0.3 is 9.47 Å². The maximum absolute atomic E-state index is 11.1. The normalized spacial score (nSPS) is 28.7. The highest BCUT2D eigenvalue weighted by Gasteiger charge is 2.36. The second-order valence-electron chi connectivity index (χ2n) is 4.77. The van der Waals surface area contributed by atoms with Crippen molar-refractivity contribution in [3.05, 3.63) is 35.9 Å². The summed E-state index contributed by atoms with van der Waals surface area (Å²) >= 11 is 0. The first-order valence-corrected chi connectivity index (χ1v) is 5.95. The van der Waals surface area contributed by atoms with E-state index >= 15 is 0 Å². The van der Waals surface area contributed by atoms with E-state index in [9.17, 15) is 4.79 Å². The average Bonchev–Trinajstić information content (AvgIpc) is 2.28. The van der Waals surface area contributed by atoms with Gasteiger partial charge in [-0.25, -0.2) is 0 Å². The lowest BCUT2D eigenvalue weighted by molar-refractivity contribution is -0.170. The van der Waals surface area contributed by atoms with E-state index in [1.807, 2.05) is 37.3 Å². The largest absolute Gasteiger partial charge is 0.459 e. The van der Waals surface area contributed by atoms with Crippen molar-refractivity contribution in [1.29, 1.82) is 0 Å². The highest BCUT2D eigenvalue weighted by atomic mass is 16.6. The van der Waals surface area contributed by atoms with E-state index in [0.29, 0.717) is 6.61 Å². The topological polar surface area (TPSA) is 35.5 Å². The van der Waals surface area contributed by atoms with Gasteiger partial charge in [0.2, 0.25) is 0 Å². The maximum atomic E-state index is 11.1. The van der Waals surface area contributed by atoms with Crippen LogP contribution in [0.2, 0.25) is 0 Å². The van der Waals surface area contributed by atoms with Crippen LogP contribution in [0.1, 0.15) is 38.4 Å². The summed E-state index contributed by atoms with van der Waals surface area (Å²) in [7, 11) is 0. The van der Waals surface area contributed by atoms with Gasteiger partial charge in [0.15, 0.2) is 0 Å². The van der Waals surface area contributed by atoms with Crippen LogP contribution in [0.5, 0.6) is 0 Å². The number of carbonyl (C=O) groups is 1.